The number of hydrogen-bond donors (Lipinski definition) is 2. The summed E-state index contributed by atoms with van der Waals surface area (Å²) in [4.78, 5) is 29.8. The van der Waals surface area contributed by atoms with E-state index in [0.29, 0.717) is 50.2 Å². The number of carbonyl (C=O) groups is 2. The molecule has 12 heteroatoms. The molecule has 0 bridgehead atoms. The van der Waals surface area contributed by atoms with Crippen LogP contribution in [-0.4, -0.2) is 56.8 Å². The van der Waals surface area contributed by atoms with E-state index in [2.05, 4.69) is 14.5 Å². The molecular weight excluding hydrogens is 462 g/mol. The summed E-state index contributed by atoms with van der Waals surface area (Å²) < 4.78 is 34.8. The third-order valence-corrected chi connectivity index (χ3v) is 7.00. The van der Waals surface area contributed by atoms with Gasteiger partial charge in [0.2, 0.25) is 0 Å². The third kappa shape index (κ3) is 6.96. The summed E-state index contributed by atoms with van der Waals surface area (Å²) in [6.45, 7) is 3.85. The number of carbonyl (C=O) groups excluding carboxylic acids is 2. The summed E-state index contributed by atoms with van der Waals surface area (Å²) >= 11 is 6.05. The number of nitrogen functional groups attached to an aromatic ring is 1. The molecule has 1 atom stereocenters. The van der Waals surface area contributed by atoms with E-state index in [9.17, 15) is 18.0 Å². The first-order chi connectivity index (χ1) is 15.1. The fraction of sp³-hybridized carbons (Fsp3) is 0.600. The maximum absolute atomic E-state index is 12.8. The lowest BCUT2D eigenvalue weighted by Crippen LogP contribution is -2.50. The average Bonchev–Trinajstić information content (AvgIpc) is 2.75. The van der Waals surface area contributed by atoms with Crippen LogP contribution in [0.1, 0.15) is 56.3 Å². The number of ether oxygens (including phenoxy) is 1. The molecule has 180 valence electrons. The van der Waals surface area contributed by atoms with Crippen LogP contribution < -0.4 is 15.8 Å². The van der Waals surface area contributed by atoms with E-state index in [1.54, 1.807) is 4.90 Å². The number of halogens is 1. The summed E-state index contributed by atoms with van der Waals surface area (Å²) in [6, 6.07) is 2.79. The number of piperidine rings is 1. The predicted octanol–water partition coefficient (Wildman–Crippen LogP) is 2.47. The molecule has 1 fully saturated rings. The normalized spacial score (nSPS) is 16.4. The van der Waals surface area contributed by atoms with Gasteiger partial charge in [-0.05, 0) is 25.3 Å². The van der Waals surface area contributed by atoms with Gasteiger partial charge in [-0.2, -0.15) is 8.42 Å². The Morgan fingerprint density at radius 3 is 2.53 bits per heavy atom. The smallest absolute Gasteiger partial charge is 0.340 e. The molecule has 0 radical (unpaired) electrons. The Kier molecular flexibility index (Phi) is 9.56. The zero-order valence-corrected chi connectivity index (χ0v) is 20.0. The summed E-state index contributed by atoms with van der Waals surface area (Å²) in [5.74, 6) is -0.881. The number of nitrogens with two attached hydrogens (primary N) is 1. The number of nitrogens with one attached hydrogen (secondary N) is 1. The van der Waals surface area contributed by atoms with Crippen molar-refractivity contribution in [1.82, 2.24) is 10.2 Å². The summed E-state index contributed by atoms with van der Waals surface area (Å²) in [7, 11) is -2.70. The van der Waals surface area contributed by atoms with Crippen LogP contribution >= 0.6 is 11.6 Å². The lowest BCUT2D eigenvalue weighted by atomic mass is 10.0. The number of likely N-dealkylation sites (tertiary alicyclic amines) is 1. The molecule has 1 aromatic carbocycles. The van der Waals surface area contributed by atoms with Crippen molar-refractivity contribution in [2.45, 2.75) is 57.4 Å². The Labute approximate surface area is 193 Å². The maximum Gasteiger partial charge on any atom is 0.340 e. The molecule has 2 rings (SSSR count). The van der Waals surface area contributed by atoms with Gasteiger partial charge in [-0.15, -0.1) is 0 Å². The van der Waals surface area contributed by atoms with Crippen LogP contribution in [0.4, 0.5) is 5.69 Å². The van der Waals surface area contributed by atoms with Crippen LogP contribution in [0.3, 0.4) is 0 Å². The molecule has 1 aromatic rings. The van der Waals surface area contributed by atoms with E-state index < -0.39 is 21.5 Å². The van der Waals surface area contributed by atoms with Gasteiger partial charge in [0.25, 0.3) is 5.91 Å². The van der Waals surface area contributed by atoms with Gasteiger partial charge in [-0.3, -0.25) is 14.6 Å². The van der Waals surface area contributed by atoms with Gasteiger partial charge in [0, 0.05) is 32.1 Å². The Balaban J connectivity index is 2.03. The molecular formula is C20H30ClN3O7S. The number of rotatable bonds is 10. The Morgan fingerprint density at radius 1 is 1.31 bits per heavy atom. The monoisotopic (exact) mass is 491 g/mol. The second-order valence-electron chi connectivity index (χ2n) is 7.59. The topological polar surface area (TPSA) is 137 Å². The summed E-state index contributed by atoms with van der Waals surface area (Å²) in [5, 5.41) is 2.26. The Bertz CT molecular complexity index is 918. The van der Waals surface area contributed by atoms with Crippen molar-refractivity contribution in [1.29, 1.82) is 0 Å². The molecule has 1 aliphatic rings. The van der Waals surface area contributed by atoms with Gasteiger partial charge in [0.1, 0.15) is 11.1 Å². The average molecular weight is 492 g/mol. The van der Waals surface area contributed by atoms with Gasteiger partial charge in [0.15, 0.2) is 0 Å². The molecule has 0 saturated carbocycles. The minimum absolute atomic E-state index is 0.163. The standard InChI is InChI=1S/C20H30ClN3O7S/c1-4-5-6-19(32(27,28)31-30-13(2)25)24-9-7-14(8-10-24)23-20(26)15-11-16(21)17(22)12-18(15)29-3/h11-12,14,19H,4-10,22H2,1-3H3,(H,23,26). The van der Waals surface area contributed by atoms with Gasteiger partial charge >= 0.3 is 16.1 Å². The van der Waals surface area contributed by atoms with E-state index in [4.69, 9.17) is 22.1 Å². The minimum Gasteiger partial charge on any atom is -0.496 e. The first-order valence-electron chi connectivity index (χ1n) is 10.4. The van der Waals surface area contributed by atoms with Gasteiger partial charge in [-0.1, -0.05) is 35.7 Å². The lowest BCUT2D eigenvalue weighted by Gasteiger charge is -2.36. The van der Waals surface area contributed by atoms with Gasteiger partial charge < -0.3 is 15.8 Å². The molecule has 0 aromatic heterocycles. The van der Waals surface area contributed by atoms with Crippen LogP contribution in [0.25, 0.3) is 0 Å². The number of anilines is 1. The zero-order valence-electron chi connectivity index (χ0n) is 18.4. The van der Waals surface area contributed by atoms with Crippen LogP contribution in [0.5, 0.6) is 5.75 Å². The van der Waals surface area contributed by atoms with Crippen LogP contribution in [-0.2, 0) is 24.1 Å². The van der Waals surface area contributed by atoms with Crippen molar-refractivity contribution in [3.05, 3.63) is 22.7 Å². The lowest BCUT2D eigenvalue weighted by molar-refractivity contribution is -0.209. The van der Waals surface area contributed by atoms with E-state index in [0.717, 1.165) is 13.3 Å². The van der Waals surface area contributed by atoms with Crippen molar-refractivity contribution in [3.63, 3.8) is 0 Å². The quantitative estimate of drug-likeness (QED) is 0.287. The summed E-state index contributed by atoms with van der Waals surface area (Å²) in [6.07, 6.45) is 2.88. The molecule has 1 heterocycles. The third-order valence-electron chi connectivity index (χ3n) is 5.22. The number of amides is 1. The summed E-state index contributed by atoms with van der Waals surface area (Å²) in [5.41, 5.74) is 6.34. The van der Waals surface area contributed by atoms with E-state index in [-0.39, 0.29) is 22.5 Å². The number of benzene rings is 1. The second-order valence-corrected chi connectivity index (χ2v) is 9.66. The molecule has 1 unspecified atom stereocenters. The molecule has 3 N–H and O–H groups in total. The number of hydrogen-bond acceptors (Lipinski definition) is 9. The molecule has 1 aliphatic heterocycles. The highest BCUT2D eigenvalue weighted by molar-refractivity contribution is 7.87. The van der Waals surface area contributed by atoms with Crippen molar-refractivity contribution in [2.75, 3.05) is 25.9 Å². The van der Waals surface area contributed by atoms with Gasteiger partial charge in [0.05, 0.1) is 23.4 Å². The number of unbranched alkanes of at least 4 members (excludes halogenated alkanes) is 1. The molecule has 0 spiro atoms. The van der Waals surface area contributed by atoms with E-state index in [1.807, 2.05) is 6.92 Å². The van der Waals surface area contributed by atoms with Crippen molar-refractivity contribution in [3.8, 4) is 5.75 Å². The highest BCUT2D eigenvalue weighted by atomic mass is 35.5. The molecule has 32 heavy (non-hydrogen) atoms. The first-order valence-corrected chi connectivity index (χ1v) is 12.2. The highest BCUT2D eigenvalue weighted by Gasteiger charge is 2.36. The highest BCUT2D eigenvalue weighted by Crippen LogP contribution is 2.29. The maximum atomic E-state index is 12.8. The van der Waals surface area contributed by atoms with Crippen molar-refractivity contribution >= 4 is 39.3 Å². The first kappa shape index (κ1) is 26.2. The van der Waals surface area contributed by atoms with Crippen LogP contribution in [0.15, 0.2) is 12.1 Å². The van der Waals surface area contributed by atoms with Gasteiger partial charge in [-0.25, -0.2) is 4.79 Å². The van der Waals surface area contributed by atoms with E-state index >= 15 is 0 Å². The molecule has 1 saturated heterocycles. The molecule has 1 amide bonds. The predicted molar refractivity (Wildman–Crippen MR) is 120 cm³/mol. The van der Waals surface area contributed by atoms with E-state index in [1.165, 1.54) is 19.2 Å². The number of nitrogens with zero attached hydrogens (tertiary/aromatic N) is 1. The van der Waals surface area contributed by atoms with Crippen molar-refractivity contribution in [2.24, 2.45) is 0 Å². The van der Waals surface area contributed by atoms with Crippen LogP contribution in [0.2, 0.25) is 5.02 Å². The Hall–Kier alpha value is -2.08. The second kappa shape index (κ2) is 11.7. The van der Waals surface area contributed by atoms with Crippen LogP contribution in [0, 0.1) is 0 Å². The SMILES string of the molecule is CCCCC(N1CCC(NC(=O)c2cc(Cl)c(N)cc2OC)CC1)S(=O)(=O)OOC(C)=O. The fourth-order valence-corrected chi connectivity index (χ4v) is 5.02. The fourth-order valence-electron chi connectivity index (χ4n) is 3.54. The number of methoxy groups -OCH3 is 1. The van der Waals surface area contributed by atoms with Crippen molar-refractivity contribution < 1.29 is 32.0 Å². The largest absolute Gasteiger partial charge is 0.496 e. The molecule has 0 aliphatic carbocycles. The molecule has 10 nitrogen and oxygen atoms in total. The minimum atomic E-state index is -4.14. The Morgan fingerprint density at radius 2 is 1.97 bits per heavy atom. The zero-order chi connectivity index (χ0) is 23.9.